The van der Waals surface area contributed by atoms with Gasteiger partial charge in [-0.05, 0) is 33.6 Å². The molecular formula is C11H10BrClN2O3S2. The molecule has 108 valence electrons. The average molecular weight is 398 g/mol. The normalized spacial score (nSPS) is 11.6. The molecule has 0 saturated carbocycles. The SMILES string of the molecule is COc1cc(CNS(=O)(=O)c2cc(Cl)c(Br)s2)ccn1. The van der Waals surface area contributed by atoms with E-state index in [0.717, 1.165) is 16.9 Å². The van der Waals surface area contributed by atoms with Gasteiger partial charge in [-0.25, -0.2) is 18.1 Å². The Morgan fingerprint density at radius 1 is 1.50 bits per heavy atom. The molecule has 5 nitrogen and oxygen atoms in total. The van der Waals surface area contributed by atoms with Crippen LogP contribution in [-0.4, -0.2) is 20.5 Å². The van der Waals surface area contributed by atoms with Crippen LogP contribution in [0.5, 0.6) is 5.88 Å². The lowest BCUT2D eigenvalue weighted by Crippen LogP contribution is -2.22. The number of nitrogens with one attached hydrogen (secondary N) is 1. The van der Waals surface area contributed by atoms with Crippen LogP contribution in [0, 0.1) is 0 Å². The van der Waals surface area contributed by atoms with Gasteiger partial charge >= 0.3 is 0 Å². The van der Waals surface area contributed by atoms with Gasteiger partial charge in [-0.2, -0.15) is 0 Å². The summed E-state index contributed by atoms with van der Waals surface area (Å²) in [7, 11) is -2.09. The molecule has 0 amide bonds. The van der Waals surface area contributed by atoms with E-state index in [0.29, 0.717) is 14.7 Å². The molecule has 2 aromatic rings. The van der Waals surface area contributed by atoms with Crippen molar-refractivity contribution >= 4 is 48.9 Å². The monoisotopic (exact) mass is 396 g/mol. The first-order valence-electron chi connectivity index (χ1n) is 5.36. The fraction of sp³-hybridized carbons (Fsp3) is 0.182. The Labute approximate surface area is 134 Å². The van der Waals surface area contributed by atoms with Crippen molar-refractivity contribution < 1.29 is 13.2 Å². The maximum Gasteiger partial charge on any atom is 0.250 e. The zero-order chi connectivity index (χ0) is 14.8. The molecule has 0 fully saturated rings. The minimum absolute atomic E-state index is 0.147. The van der Waals surface area contributed by atoms with E-state index in [1.807, 2.05) is 0 Å². The van der Waals surface area contributed by atoms with Gasteiger partial charge in [-0.1, -0.05) is 11.6 Å². The van der Waals surface area contributed by atoms with E-state index in [1.54, 1.807) is 18.3 Å². The van der Waals surface area contributed by atoms with Gasteiger partial charge < -0.3 is 4.74 Å². The molecule has 0 aliphatic rings. The van der Waals surface area contributed by atoms with Crippen molar-refractivity contribution in [3.8, 4) is 5.88 Å². The van der Waals surface area contributed by atoms with Crippen LogP contribution >= 0.6 is 38.9 Å². The van der Waals surface area contributed by atoms with Crippen LogP contribution in [0.4, 0.5) is 0 Å². The van der Waals surface area contributed by atoms with Crippen molar-refractivity contribution in [2.24, 2.45) is 0 Å². The molecule has 1 N–H and O–H groups in total. The molecule has 0 radical (unpaired) electrons. The summed E-state index contributed by atoms with van der Waals surface area (Å²) in [6.07, 6.45) is 1.56. The molecule has 2 heterocycles. The van der Waals surface area contributed by atoms with E-state index in [9.17, 15) is 8.42 Å². The van der Waals surface area contributed by atoms with E-state index in [-0.39, 0.29) is 10.8 Å². The highest BCUT2D eigenvalue weighted by molar-refractivity contribution is 9.11. The maximum absolute atomic E-state index is 12.1. The number of sulfonamides is 1. The molecule has 0 atom stereocenters. The van der Waals surface area contributed by atoms with E-state index in [2.05, 4.69) is 25.6 Å². The number of hydrogen-bond donors (Lipinski definition) is 1. The molecule has 0 aromatic carbocycles. The number of thiophene rings is 1. The van der Waals surface area contributed by atoms with Crippen LogP contribution in [0.2, 0.25) is 5.02 Å². The number of pyridine rings is 1. The van der Waals surface area contributed by atoms with Gasteiger partial charge in [-0.15, -0.1) is 11.3 Å². The van der Waals surface area contributed by atoms with E-state index in [4.69, 9.17) is 16.3 Å². The number of nitrogens with zero attached hydrogens (tertiary/aromatic N) is 1. The fourth-order valence-corrected chi connectivity index (χ4v) is 4.84. The van der Waals surface area contributed by atoms with E-state index in [1.165, 1.54) is 13.2 Å². The standard InChI is InChI=1S/C11H10BrClN2O3S2/c1-18-9-4-7(2-3-14-9)6-15-20(16,17)10-5-8(13)11(12)19-10/h2-5,15H,6H2,1H3. The Bertz CT molecular complexity index is 699. The molecule has 0 aliphatic heterocycles. The van der Waals surface area contributed by atoms with Crippen molar-refractivity contribution in [1.29, 1.82) is 0 Å². The van der Waals surface area contributed by atoms with Gasteiger partial charge in [-0.3, -0.25) is 0 Å². The Hall–Kier alpha value is -0.670. The third kappa shape index (κ3) is 3.70. The molecule has 0 unspecified atom stereocenters. The smallest absolute Gasteiger partial charge is 0.250 e. The zero-order valence-corrected chi connectivity index (χ0v) is 14.2. The van der Waals surface area contributed by atoms with Crippen molar-refractivity contribution in [1.82, 2.24) is 9.71 Å². The number of ether oxygens (including phenoxy) is 1. The number of aromatic nitrogens is 1. The summed E-state index contributed by atoms with van der Waals surface area (Å²) in [6, 6.07) is 4.79. The predicted molar refractivity (Wildman–Crippen MR) is 81.8 cm³/mol. The second kappa shape index (κ2) is 6.40. The number of hydrogen-bond acceptors (Lipinski definition) is 5. The first-order chi connectivity index (χ1) is 9.42. The molecule has 20 heavy (non-hydrogen) atoms. The van der Waals surface area contributed by atoms with Crippen LogP contribution in [-0.2, 0) is 16.6 Å². The number of methoxy groups -OCH3 is 1. The van der Waals surface area contributed by atoms with Crippen molar-refractivity contribution in [3.63, 3.8) is 0 Å². The van der Waals surface area contributed by atoms with Gasteiger partial charge in [0.05, 0.1) is 15.9 Å². The molecule has 0 bridgehead atoms. The Balaban J connectivity index is 2.12. The number of rotatable bonds is 5. The summed E-state index contributed by atoms with van der Waals surface area (Å²) in [5.41, 5.74) is 0.752. The van der Waals surface area contributed by atoms with Gasteiger partial charge in [0.15, 0.2) is 0 Å². The highest BCUT2D eigenvalue weighted by atomic mass is 79.9. The molecule has 9 heteroatoms. The summed E-state index contributed by atoms with van der Waals surface area (Å²) in [5, 5.41) is 0.376. The topological polar surface area (TPSA) is 68.3 Å². The predicted octanol–water partition coefficient (Wildman–Crippen LogP) is 3.05. The second-order valence-corrected chi connectivity index (χ2v) is 8.49. The molecule has 0 spiro atoms. The van der Waals surface area contributed by atoms with Crippen LogP contribution in [0.25, 0.3) is 0 Å². The largest absolute Gasteiger partial charge is 0.481 e. The molecule has 0 saturated heterocycles. The van der Waals surface area contributed by atoms with Gasteiger partial charge in [0.1, 0.15) is 4.21 Å². The molecule has 2 rings (SSSR count). The van der Waals surface area contributed by atoms with Crippen LogP contribution in [0.15, 0.2) is 32.4 Å². The summed E-state index contributed by atoms with van der Waals surface area (Å²) in [6.45, 7) is 0.147. The Kier molecular flexibility index (Phi) is 5.03. The van der Waals surface area contributed by atoms with Crippen LogP contribution < -0.4 is 9.46 Å². The van der Waals surface area contributed by atoms with Crippen LogP contribution in [0.1, 0.15) is 5.56 Å². The average Bonchev–Trinajstić information content (AvgIpc) is 2.78. The summed E-state index contributed by atoms with van der Waals surface area (Å²) >= 11 is 10.1. The van der Waals surface area contributed by atoms with E-state index >= 15 is 0 Å². The van der Waals surface area contributed by atoms with E-state index < -0.39 is 10.0 Å². The first-order valence-corrected chi connectivity index (χ1v) is 8.83. The van der Waals surface area contributed by atoms with Crippen molar-refractivity contribution in [2.45, 2.75) is 10.8 Å². The zero-order valence-electron chi connectivity index (χ0n) is 10.3. The summed E-state index contributed by atoms with van der Waals surface area (Å²) in [5.74, 6) is 0.434. The lowest BCUT2D eigenvalue weighted by atomic mass is 10.3. The molecular weight excluding hydrogens is 388 g/mol. The highest BCUT2D eigenvalue weighted by Gasteiger charge is 2.18. The first kappa shape index (κ1) is 15.7. The van der Waals surface area contributed by atoms with Gasteiger partial charge in [0.2, 0.25) is 15.9 Å². The minimum Gasteiger partial charge on any atom is -0.481 e. The lowest BCUT2D eigenvalue weighted by molar-refractivity contribution is 0.397. The highest BCUT2D eigenvalue weighted by Crippen LogP contribution is 2.34. The molecule has 2 aromatic heterocycles. The lowest BCUT2D eigenvalue weighted by Gasteiger charge is -2.05. The Morgan fingerprint density at radius 2 is 2.25 bits per heavy atom. The second-order valence-electron chi connectivity index (χ2n) is 3.72. The quantitative estimate of drug-likeness (QED) is 0.842. The van der Waals surface area contributed by atoms with Gasteiger partial charge in [0.25, 0.3) is 0 Å². The third-order valence-electron chi connectivity index (χ3n) is 2.36. The van der Waals surface area contributed by atoms with Gasteiger partial charge in [0, 0.05) is 18.8 Å². The van der Waals surface area contributed by atoms with Crippen molar-refractivity contribution in [2.75, 3.05) is 7.11 Å². The van der Waals surface area contributed by atoms with Crippen LogP contribution in [0.3, 0.4) is 0 Å². The Morgan fingerprint density at radius 3 is 2.85 bits per heavy atom. The maximum atomic E-state index is 12.1. The van der Waals surface area contributed by atoms with Crippen molar-refractivity contribution in [3.05, 3.63) is 38.8 Å². The summed E-state index contributed by atoms with van der Waals surface area (Å²) < 4.78 is 32.4. The third-order valence-corrected chi connectivity index (χ3v) is 6.71. The number of halogens is 2. The minimum atomic E-state index is -3.59. The molecule has 0 aliphatic carbocycles. The fourth-order valence-electron chi connectivity index (χ4n) is 1.38. The summed E-state index contributed by atoms with van der Waals surface area (Å²) in [4.78, 5) is 3.95.